The fourth-order valence-electron chi connectivity index (χ4n) is 2.02. The van der Waals surface area contributed by atoms with Crippen LogP contribution < -0.4 is 5.73 Å². The molecule has 2 rings (SSSR count). The van der Waals surface area contributed by atoms with E-state index in [9.17, 15) is 0 Å². The number of aryl methyl sites for hydroxylation is 2. The summed E-state index contributed by atoms with van der Waals surface area (Å²) in [6.45, 7) is 4.14. The van der Waals surface area contributed by atoms with Gasteiger partial charge in [-0.25, -0.2) is 0 Å². The Hall–Kier alpha value is -0.350. The van der Waals surface area contributed by atoms with Crippen LogP contribution in [0.15, 0.2) is 39.3 Å². The number of nitrogens with two attached hydrogens (primary N) is 1. The molecule has 0 aliphatic heterocycles. The topological polar surface area (TPSA) is 26.0 Å². The van der Waals surface area contributed by atoms with Crippen molar-refractivity contribution in [2.45, 2.75) is 19.9 Å². The minimum Gasteiger partial charge on any atom is -0.320 e. The van der Waals surface area contributed by atoms with E-state index >= 15 is 0 Å². The van der Waals surface area contributed by atoms with Crippen LogP contribution in [0.25, 0.3) is 0 Å². The van der Waals surface area contributed by atoms with Gasteiger partial charge in [0.1, 0.15) is 0 Å². The first-order valence-electron chi connectivity index (χ1n) is 5.87. The molecule has 0 amide bonds. The van der Waals surface area contributed by atoms with Crippen LogP contribution >= 0.6 is 43.5 Å². The third-order valence-electron chi connectivity index (χ3n) is 3.19. The molecular formula is C15H14Br2ClN. The van der Waals surface area contributed by atoms with Gasteiger partial charge in [-0.3, -0.25) is 0 Å². The number of hydrogen-bond donors (Lipinski definition) is 1. The normalized spacial score (nSPS) is 12.5. The van der Waals surface area contributed by atoms with Crippen molar-refractivity contribution in [1.82, 2.24) is 0 Å². The molecule has 0 fully saturated rings. The average Bonchev–Trinajstić information content (AvgIpc) is 2.36. The molecule has 1 unspecified atom stereocenters. The van der Waals surface area contributed by atoms with E-state index in [1.54, 1.807) is 0 Å². The van der Waals surface area contributed by atoms with Gasteiger partial charge >= 0.3 is 0 Å². The highest BCUT2D eigenvalue weighted by atomic mass is 79.9. The predicted octanol–water partition coefficient (Wildman–Crippen LogP) is 5.53. The molecule has 100 valence electrons. The second kappa shape index (κ2) is 5.96. The molecule has 4 heteroatoms. The molecule has 0 radical (unpaired) electrons. The zero-order valence-electron chi connectivity index (χ0n) is 10.7. The summed E-state index contributed by atoms with van der Waals surface area (Å²) in [6.07, 6.45) is 0. The zero-order chi connectivity index (χ0) is 14.2. The minimum atomic E-state index is -0.152. The maximum absolute atomic E-state index is 6.38. The molecular weight excluding hydrogens is 389 g/mol. The highest BCUT2D eigenvalue weighted by molar-refractivity contribution is 9.10. The molecule has 0 aromatic heterocycles. The van der Waals surface area contributed by atoms with E-state index < -0.39 is 0 Å². The Balaban J connectivity index is 2.46. The molecule has 1 nitrogen and oxygen atoms in total. The third-order valence-corrected chi connectivity index (χ3v) is 5.25. The molecule has 0 bridgehead atoms. The first-order valence-corrected chi connectivity index (χ1v) is 7.83. The van der Waals surface area contributed by atoms with Crippen LogP contribution in [0.4, 0.5) is 0 Å². The first-order chi connectivity index (χ1) is 8.90. The Labute approximate surface area is 135 Å². The molecule has 0 aliphatic carbocycles. The van der Waals surface area contributed by atoms with Crippen molar-refractivity contribution in [3.63, 3.8) is 0 Å². The SMILES string of the molecule is Cc1cc(C(N)c2ccc(Cl)c(Br)c2)c(C)cc1Br. The van der Waals surface area contributed by atoms with E-state index in [2.05, 4.69) is 57.8 Å². The molecule has 0 heterocycles. The highest BCUT2D eigenvalue weighted by Crippen LogP contribution is 2.31. The molecule has 19 heavy (non-hydrogen) atoms. The van der Waals surface area contributed by atoms with Gasteiger partial charge in [0, 0.05) is 8.95 Å². The van der Waals surface area contributed by atoms with Crippen molar-refractivity contribution in [2.75, 3.05) is 0 Å². The van der Waals surface area contributed by atoms with Crippen molar-refractivity contribution in [2.24, 2.45) is 5.73 Å². The Morgan fingerprint density at radius 1 is 1.00 bits per heavy atom. The van der Waals surface area contributed by atoms with Gasteiger partial charge in [-0.05, 0) is 70.2 Å². The summed E-state index contributed by atoms with van der Waals surface area (Å²) < 4.78 is 1.98. The summed E-state index contributed by atoms with van der Waals surface area (Å²) in [7, 11) is 0. The number of hydrogen-bond acceptors (Lipinski definition) is 1. The van der Waals surface area contributed by atoms with Gasteiger partial charge in [0.15, 0.2) is 0 Å². The van der Waals surface area contributed by atoms with Gasteiger partial charge in [0.05, 0.1) is 11.1 Å². The Morgan fingerprint density at radius 3 is 2.32 bits per heavy atom. The second-order valence-corrected chi connectivity index (χ2v) is 6.73. The van der Waals surface area contributed by atoms with Crippen molar-refractivity contribution < 1.29 is 0 Å². The lowest BCUT2D eigenvalue weighted by Gasteiger charge is -2.17. The molecule has 2 aromatic carbocycles. The fraction of sp³-hybridized carbons (Fsp3) is 0.200. The molecule has 0 aliphatic rings. The Bertz CT molecular complexity index is 626. The predicted molar refractivity (Wildman–Crippen MR) is 88.8 cm³/mol. The maximum atomic E-state index is 6.38. The average molecular weight is 404 g/mol. The third kappa shape index (κ3) is 3.22. The minimum absolute atomic E-state index is 0.152. The zero-order valence-corrected chi connectivity index (χ0v) is 14.6. The molecule has 0 saturated carbocycles. The molecule has 1 atom stereocenters. The second-order valence-electron chi connectivity index (χ2n) is 4.61. The number of benzene rings is 2. The standard InChI is InChI=1S/C15H14Br2ClN/c1-8-6-12(16)9(2)5-11(8)15(19)10-3-4-14(18)13(17)7-10/h3-7,15H,19H2,1-2H3. The lowest BCUT2D eigenvalue weighted by atomic mass is 9.94. The highest BCUT2D eigenvalue weighted by Gasteiger charge is 2.14. The van der Waals surface area contributed by atoms with Crippen LogP contribution in [0.5, 0.6) is 0 Å². The summed E-state index contributed by atoms with van der Waals surface area (Å²) >= 11 is 13.0. The van der Waals surface area contributed by atoms with E-state index in [4.69, 9.17) is 17.3 Å². The van der Waals surface area contributed by atoms with Gasteiger partial charge in [-0.1, -0.05) is 39.7 Å². The molecule has 2 aromatic rings. The summed E-state index contributed by atoms with van der Waals surface area (Å²) in [5.74, 6) is 0. The van der Waals surface area contributed by atoms with Crippen LogP contribution in [0, 0.1) is 13.8 Å². The largest absolute Gasteiger partial charge is 0.320 e. The molecule has 0 saturated heterocycles. The van der Waals surface area contributed by atoms with E-state index in [1.165, 1.54) is 11.1 Å². The number of rotatable bonds is 2. The van der Waals surface area contributed by atoms with Gasteiger partial charge in [-0.2, -0.15) is 0 Å². The summed E-state index contributed by atoms with van der Waals surface area (Å²) in [6, 6.07) is 9.89. The molecule has 0 spiro atoms. The Morgan fingerprint density at radius 2 is 1.68 bits per heavy atom. The molecule has 2 N–H and O–H groups in total. The van der Waals surface area contributed by atoms with Crippen LogP contribution in [0.1, 0.15) is 28.3 Å². The van der Waals surface area contributed by atoms with E-state index in [0.717, 1.165) is 20.1 Å². The van der Waals surface area contributed by atoms with Crippen LogP contribution in [-0.2, 0) is 0 Å². The smallest absolute Gasteiger partial charge is 0.0554 e. The Kier molecular flexibility index (Phi) is 4.72. The van der Waals surface area contributed by atoms with Crippen molar-refractivity contribution in [3.05, 3.63) is 66.6 Å². The number of halogens is 3. The van der Waals surface area contributed by atoms with Crippen LogP contribution in [-0.4, -0.2) is 0 Å². The first kappa shape index (κ1) is 15.0. The maximum Gasteiger partial charge on any atom is 0.0554 e. The van der Waals surface area contributed by atoms with Gasteiger partial charge in [-0.15, -0.1) is 0 Å². The fourth-order valence-corrected chi connectivity index (χ4v) is 3.00. The van der Waals surface area contributed by atoms with E-state index in [-0.39, 0.29) is 6.04 Å². The summed E-state index contributed by atoms with van der Waals surface area (Å²) in [5.41, 5.74) is 10.9. The van der Waals surface area contributed by atoms with Crippen molar-refractivity contribution >= 4 is 43.5 Å². The van der Waals surface area contributed by atoms with Crippen LogP contribution in [0.2, 0.25) is 5.02 Å². The van der Waals surface area contributed by atoms with E-state index in [1.807, 2.05) is 18.2 Å². The lowest BCUT2D eigenvalue weighted by molar-refractivity contribution is 0.858. The monoisotopic (exact) mass is 401 g/mol. The van der Waals surface area contributed by atoms with Gasteiger partial charge < -0.3 is 5.73 Å². The van der Waals surface area contributed by atoms with Gasteiger partial charge in [0.2, 0.25) is 0 Å². The van der Waals surface area contributed by atoms with Crippen molar-refractivity contribution in [1.29, 1.82) is 0 Å². The quantitative estimate of drug-likeness (QED) is 0.701. The lowest BCUT2D eigenvalue weighted by Crippen LogP contribution is -2.13. The van der Waals surface area contributed by atoms with Crippen molar-refractivity contribution in [3.8, 4) is 0 Å². The van der Waals surface area contributed by atoms with Gasteiger partial charge in [0.25, 0.3) is 0 Å². The van der Waals surface area contributed by atoms with E-state index in [0.29, 0.717) is 5.02 Å². The summed E-state index contributed by atoms with van der Waals surface area (Å²) in [4.78, 5) is 0. The van der Waals surface area contributed by atoms with Crippen LogP contribution in [0.3, 0.4) is 0 Å². The summed E-state index contributed by atoms with van der Waals surface area (Å²) in [5, 5.41) is 0.694.